The summed E-state index contributed by atoms with van der Waals surface area (Å²) in [6.45, 7) is 4.44. The van der Waals surface area contributed by atoms with E-state index in [1.54, 1.807) is 6.20 Å². The number of rotatable bonds is 2. The molecule has 1 aliphatic heterocycles. The molecule has 3 heterocycles. The largest absolute Gasteiger partial charge is 0.294 e. The Labute approximate surface area is 127 Å². The van der Waals surface area contributed by atoms with Crippen molar-refractivity contribution in [2.24, 2.45) is 0 Å². The number of aryl methyl sites for hydroxylation is 1. The summed E-state index contributed by atoms with van der Waals surface area (Å²) in [7, 11) is 0. The second-order valence-corrected chi connectivity index (χ2v) is 5.75. The Balaban J connectivity index is 1.77. The standard InChI is InChI=1S/C14H14Cl2N4/c1-9-17-5-11-8-20(3-2-13(11)19-9)7-10-4-12(15)6-18-14(10)16/h4-6H,2-3,7-8H2,1H3. The van der Waals surface area contributed by atoms with Crippen molar-refractivity contribution in [3.8, 4) is 0 Å². The monoisotopic (exact) mass is 308 g/mol. The van der Waals surface area contributed by atoms with Gasteiger partial charge in [-0.3, -0.25) is 4.90 Å². The molecule has 0 aliphatic carbocycles. The third-order valence-electron chi connectivity index (χ3n) is 3.41. The number of hydrogen-bond acceptors (Lipinski definition) is 4. The minimum absolute atomic E-state index is 0.514. The molecular formula is C14H14Cl2N4. The number of hydrogen-bond donors (Lipinski definition) is 0. The first-order valence-corrected chi connectivity index (χ1v) is 7.21. The zero-order valence-corrected chi connectivity index (χ0v) is 12.6. The predicted molar refractivity (Wildman–Crippen MR) is 78.8 cm³/mol. The predicted octanol–water partition coefficient (Wildman–Crippen LogP) is 3.05. The Morgan fingerprint density at radius 1 is 1.25 bits per heavy atom. The van der Waals surface area contributed by atoms with Gasteiger partial charge in [-0.15, -0.1) is 0 Å². The normalized spacial score (nSPS) is 15.2. The molecule has 104 valence electrons. The third kappa shape index (κ3) is 2.92. The van der Waals surface area contributed by atoms with E-state index in [4.69, 9.17) is 23.2 Å². The summed E-state index contributed by atoms with van der Waals surface area (Å²) >= 11 is 12.1. The summed E-state index contributed by atoms with van der Waals surface area (Å²) < 4.78 is 0. The molecule has 2 aromatic rings. The lowest BCUT2D eigenvalue weighted by Gasteiger charge is -2.28. The molecule has 0 saturated heterocycles. The van der Waals surface area contributed by atoms with E-state index in [0.29, 0.717) is 10.2 Å². The summed E-state index contributed by atoms with van der Waals surface area (Å²) in [5.41, 5.74) is 3.30. The molecule has 0 spiro atoms. The third-order valence-corrected chi connectivity index (χ3v) is 3.95. The Kier molecular flexibility index (Phi) is 3.87. The fourth-order valence-corrected chi connectivity index (χ4v) is 2.77. The SMILES string of the molecule is Cc1ncc2c(n1)CCN(Cc1cc(Cl)cnc1Cl)C2. The summed E-state index contributed by atoms with van der Waals surface area (Å²) in [6, 6.07) is 1.87. The molecule has 20 heavy (non-hydrogen) atoms. The van der Waals surface area contributed by atoms with Gasteiger partial charge in [-0.1, -0.05) is 23.2 Å². The van der Waals surface area contributed by atoms with Crippen LogP contribution in [0, 0.1) is 6.92 Å². The van der Waals surface area contributed by atoms with Crippen molar-refractivity contribution in [1.29, 1.82) is 0 Å². The fourth-order valence-electron chi connectivity index (χ4n) is 2.43. The van der Waals surface area contributed by atoms with Crippen LogP contribution in [0.1, 0.15) is 22.6 Å². The maximum Gasteiger partial charge on any atom is 0.133 e. The Bertz CT molecular complexity index is 645. The van der Waals surface area contributed by atoms with Crippen LogP contribution < -0.4 is 0 Å². The van der Waals surface area contributed by atoms with Crippen molar-refractivity contribution in [2.45, 2.75) is 26.4 Å². The maximum absolute atomic E-state index is 6.12. The van der Waals surface area contributed by atoms with Crippen LogP contribution in [0.4, 0.5) is 0 Å². The molecule has 0 bridgehead atoms. The summed E-state index contributed by atoms with van der Waals surface area (Å²) in [4.78, 5) is 15.1. The molecule has 0 unspecified atom stereocenters. The molecule has 4 nitrogen and oxygen atoms in total. The van der Waals surface area contributed by atoms with Gasteiger partial charge in [-0.05, 0) is 13.0 Å². The molecule has 1 aliphatic rings. The van der Waals surface area contributed by atoms with Crippen molar-refractivity contribution in [1.82, 2.24) is 19.9 Å². The van der Waals surface area contributed by atoms with Crippen molar-refractivity contribution in [3.05, 3.63) is 51.3 Å². The highest BCUT2D eigenvalue weighted by molar-refractivity contribution is 6.32. The van der Waals surface area contributed by atoms with E-state index in [0.717, 1.165) is 43.1 Å². The molecule has 0 fully saturated rings. The van der Waals surface area contributed by atoms with Gasteiger partial charge in [0.1, 0.15) is 11.0 Å². The number of pyridine rings is 1. The van der Waals surface area contributed by atoms with Crippen LogP contribution in [0.2, 0.25) is 10.2 Å². The lowest BCUT2D eigenvalue weighted by molar-refractivity contribution is 0.242. The maximum atomic E-state index is 6.12. The molecule has 0 atom stereocenters. The fraction of sp³-hybridized carbons (Fsp3) is 0.357. The van der Waals surface area contributed by atoms with Gasteiger partial charge >= 0.3 is 0 Å². The number of aromatic nitrogens is 3. The molecule has 2 aromatic heterocycles. The zero-order chi connectivity index (χ0) is 14.1. The zero-order valence-electron chi connectivity index (χ0n) is 11.1. The average Bonchev–Trinajstić information content (AvgIpc) is 2.43. The molecule has 0 saturated carbocycles. The van der Waals surface area contributed by atoms with Gasteiger partial charge in [0.2, 0.25) is 0 Å². The van der Waals surface area contributed by atoms with Gasteiger partial charge in [0, 0.05) is 55.3 Å². The lowest BCUT2D eigenvalue weighted by Crippen LogP contribution is -2.31. The van der Waals surface area contributed by atoms with Gasteiger partial charge in [0.25, 0.3) is 0 Å². The number of nitrogens with zero attached hydrogens (tertiary/aromatic N) is 4. The first-order valence-electron chi connectivity index (χ1n) is 6.45. The van der Waals surface area contributed by atoms with Crippen LogP contribution in [0.5, 0.6) is 0 Å². The van der Waals surface area contributed by atoms with Crippen molar-refractivity contribution in [2.75, 3.05) is 6.54 Å². The molecule has 3 rings (SSSR count). The van der Waals surface area contributed by atoms with Crippen LogP contribution in [-0.2, 0) is 19.5 Å². The van der Waals surface area contributed by atoms with Crippen molar-refractivity contribution >= 4 is 23.2 Å². The van der Waals surface area contributed by atoms with Crippen LogP contribution in [0.25, 0.3) is 0 Å². The van der Waals surface area contributed by atoms with Gasteiger partial charge in [-0.25, -0.2) is 15.0 Å². The molecule has 0 radical (unpaired) electrons. The topological polar surface area (TPSA) is 41.9 Å². The second kappa shape index (κ2) is 5.64. The summed E-state index contributed by atoms with van der Waals surface area (Å²) in [5, 5.41) is 1.13. The van der Waals surface area contributed by atoms with Gasteiger partial charge in [0.15, 0.2) is 0 Å². The van der Waals surface area contributed by atoms with E-state index in [2.05, 4.69) is 19.9 Å². The van der Waals surface area contributed by atoms with E-state index in [1.165, 1.54) is 5.56 Å². The first kappa shape index (κ1) is 13.7. The van der Waals surface area contributed by atoms with Gasteiger partial charge < -0.3 is 0 Å². The van der Waals surface area contributed by atoms with Crippen LogP contribution >= 0.6 is 23.2 Å². The van der Waals surface area contributed by atoms with Gasteiger partial charge in [0.05, 0.1) is 5.02 Å². The van der Waals surface area contributed by atoms with Crippen LogP contribution in [0.3, 0.4) is 0 Å². The minimum atomic E-state index is 0.514. The van der Waals surface area contributed by atoms with Crippen molar-refractivity contribution in [3.63, 3.8) is 0 Å². The smallest absolute Gasteiger partial charge is 0.133 e. The first-order chi connectivity index (χ1) is 9.61. The van der Waals surface area contributed by atoms with Gasteiger partial charge in [-0.2, -0.15) is 0 Å². The summed E-state index contributed by atoms with van der Waals surface area (Å²) in [6.07, 6.45) is 4.42. The Morgan fingerprint density at radius 3 is 2.95 bits per heavy atom. The molecule has 6 heteroatoms. The minimum Gasteiger partial charge on any atom is -0.294 e. The number of fused-ring (bicyclic) bond motifs is 1. The summed E-state index contributed by atoms with van der Waals surface area (Å²) in [5.74, 6) is 0.833. The van der Waals surface area contributed by atoms with E-state index < -0.39 is 0 Å². The Hall–Kier alpha value is -1.23. The van der Waals surface area contributed by atoms with Crippen LogP contribution in [-0.4, -0.2) is 26.4 Å². The molecule has 0 aromatic carbocycles. The quantitative estimate of drug-likeness (QED) is 0.800. The van der Waals surface area contributed by atoms with E-state index >= 15 is 0 Å². The van der Waals surface area contributed by atoms with E-state index in [1.807, 2.05) is 19.2 Å². The Morgan fingerprint density at radius 2 is 2.10 bits per heavy atom. The van der Waals surface area contributed by atoms with Crippen molar-refractivity contribution < 1.29 is 0 Å². The highest BCUT2D eigenvalue weighted by Crippen LogP contribution is 2.23. The van der Waals surface area contributed by atoms with E-state index in [9.17, 15) is 0 Å². The molecule has 0 amide bonds. The highest BCUT2D eigenvalue weighted by atomic mass is 35.5. The average molecular weight is 309 g/mol. The van der Waals surface area contributed by atoms with E-state index in [-0.39, 0.29) is 0 Å². The number of halogens is 2. The van der Waals surface area contributed by atoms with Crippen LogP contribution in [0.15, 0.2) is 18.5 Å². The molecule has 0 N–H and O–H groups in total. The lowest BCUT2D eigenvalue weighted by atomic mass is 10.1. The molecular weight excluding hydrogens is 295 g/mol. The second-order valence-electron chi connectivity index (χ2n) is 4.95. The highest BCUT2D eigenvalue weighted by Gasteiger charge is 2.19.